The smallest absolute Gasteiger partial charge is 0.324 e. The first-order valence-corrected chi connectivity index (χ1v) is 11.3. The zero-order chi connectivity index (χ0) is 21.2. The van der Waals surface area contributed by atoms with Crippen LogP contribution in [-0.4, -0.2) is 56.7 Å². The van der Waals surface area contributed by atoms with E-state index in [1.54, 1.807) is 0 Å². The van der Waals surface area contributed by atoms with Gasteiger partial charge in [0.1, 0.15) is 39.7 Å². The van der Waals surface area contributed by atoms with E-state index in [9.17, 15) is 14.7 Å². The number of nitrogens with one attached hydrogen (secondary N) is 2. The number of aliphatic imine (C=N–C) groups is 1. The number of aliphatic hydroxyl groups excluding tert-OH is 1. The molecule has 4 atom stereocenters. The van der Waals surface area contributed by atoms with Gasteiger partial charge >= 0.3 is 5.97 Å². The number of amides is 1. The first-order chi connectivity index (χ1) is 13.7. The molecule has 1 aromatic heterocycles. The molecule has 1 amide bonds. The van der Waals surface area contributed by atoms with E-state index in [2.05, 4.69) is 22.2 Å². The van der Waals surface area contributed by atoms with Gasteiger partial charge in [0.15, 0.2) is 0 Å². The van der Waals surface area contributed by atoms with Crippen molar-refractivity contribution in [1.82, 2.24) is 15.6 Å². The van der Waals surface area contributed by atoms with Crippen LogP contribution in [0, 0.1) is 5.92 Å². The fourth-order valence-corrected chi connectivity index (χ4v) is 4.95. The summed E-state index contributed by atoms with van der Waals surface area (Å²) in [5.41, 5.74) is -0.0728. The number of nitrogens with zero attached hydrogens (tertiary/aromatic N) is 2. The Morgan fingerprint density at radius 1 is 1.45 bits per heavy atom. The van der Waals surface area contributed by atoms with Gasteiger partial charge < -0.3 is 15.2 Å². The average molecular weight is 439 g/mol. The van der Waals surface area contributed by atoms with Crippen LogP contribution in [0.5, 0.6) is 0 Å². The minimum atomic E-state index is -1.05. The Morgan fingerprint density at radius 3 is 2.90 bits per heavy atom. The first kappa shape index (κ1) is 21.9. The number of hydrogen-bond donors (Lipinski definition) is 3. The lowest BCUT2D eigenvalue weighted by atomic mass is 9.99. The van der Waals surface area contributed by atoms with Crippen LogP contribution < -0.4 is 10.6 Å². The van der Waals surface area contributed by atoms with Crippen molar-refractivity contribution in [1.29, 1.82) is 0 Å². The summed E-state index contributed by atoms with van der Waals surface area (Å²) in [6.07, 6.45) is -0.406. The summed E-state index contributed by atoms with van der Waals surface area (Å²) in [5, 5.41) is 20.0. The van der Waals surface area contributed by atoms with Crippen molar-refractivity contribution in [3.63, 3.8) is 0 Å². The molecule has 158 valence electrons. The largest absolute Gasteiger partial charge is 0.456 e. The Labute approximate surface area is 178 Å². The fourth-order valence-electron chi connectivity index (χ4n) is 2.98. The van der Waals surface area contributed by atoms with E-state index in [-0.39, 0.29) is 24.8 Å². The topological polar surface area (TPSA) is 113 Å². The molecule has 2 aliphatic rings. The van der Waals surface area contributed by atoms with E-state index in [0.717, 1.165) is 15.7 Å². The van der Waals surface area contributed by atoms with Gasteiger partial charge in [-0.1, -0.05) is 26.5 Å². The molecule has 0 fully saturated rings. The molecule has 2 aliphatic heterocycles. The molecule has 3 unspecified atom stereocenters. The number of thiazole rings is 1. The second kappa shape index (κ2) is 8.95. The van der Waals surface area contributed by atoms with Gasteiger partial charge in [-0.15, -0.1) is 23.1 Å². The number of esters is 1. The third-order valence-corrected chi connectivity index (χ3v) is 6.98. The molecule has 3 heterocycles. The predicted octanol–water partition coefficient (Wildman–Crippen LogP) is 1.45. The van der Waals surface area contributed by atoms with Crippen LogP contribution in [0.3, 0.4) is 0 Å². The summed E-state index contributed by atoms with van der Waals surface area (Å²) in [6.45, 7) is 9.51. The molecule has 0 aromatic carbocycles. The van der Waals surface area contributed by atoms with Crippen molar-refractivity contribution in [2.75, 3.05) is 5.75 Å². The Balaban J connectivity index is 1.93. The molecule has 3 N–H and O–H groups in total. The summed E-state index contributed by atoms with van der Waals surface area (Å²) < 4.78 is 5.49. The number of fused-ring (bicyclic) bond motifs is 4. The number of carbonyl (C=O) groups excluding carboxylic acids is 2. The van der Waals surface area contributed by atoms with Gasteiger partial charge in [-0.2, -0.15) is 0 Å². The monoisotopic (exact) mass is 438 g/mol. The highest BCUT2D eigenvalue weighted by atomic mass is 32.2. The van der Waals surface area contributed by atoms with Crippen LogP contribution >= 0.6 is 23.1 Å². The van der Waals surface area contributed by atoms with E-state index in [4.69, 9.17) is 9.73 Å². The molecule has 10 heteroatoms. The Morgan fingerprint density at radius 2 is 2.21 bits per heavy atom. The highest BCUT2D eigenvalue weighted by molar-refractivity contribution is 8.14. The van der Waals surface area contributed by atoms with E-state index in [1.807, 2.05) is 26.2 Å². The van der Waals surface area contributed by atoms with Gasteiger partial charge in [-0.05, 0) is 12.8 Å². The minimum absolute atomic E-state index is 0.0267. The SMILES string of the molecule is C=CC1CC(=O)NCc2nc(cs2)C2=NC(C)(CS2)C(O)N[C@@H](C(C)C)C(=O)O1. The quantitative estimate of drug-likeness (QED) is 0.473. The third kappa shape index (κ3) is 5.06. The molecule has 0 radical (unpaired) electrons. The highest BCUT2D eigenvalue weighted by Gasteiger charge is 2.41. The maximum Gasteiger partial charge on any atom is 0.324 e. The van der Waals surface area contributed by atoms with E-state index in [0.29, 0.717) is 5.75 Å². The number of ether oxygens (including phenoxy) is 1. The van der Waals surface area contributed by atoms with Crippen LogP contribution in [-0.2, 0) is 20.9 Å². The molecular formula is C19H26N4O4S2. The molecule has 3 rings (SSSR count). The van der Waals surface area contributed by atoms with Crippen molar-refractivity contribution in [3.8, 4) is 0 Å². The molecule has 0 spiro atoms. The lowest BCUT2D eigenvalue weighted by Gasteiger charge is -2.32. The van der Waals surface area contributed by atoms with Crippen molar-refractivity contribution >= 4 is 40.0 Å². The lowest BCUT2D eigenvalue weighted by Crippen LogP contribution is -2.56. The molecular weight excluding hydrogens is 412 g/mol. The number of cyclic esters (lactones) is 1. The molecule has 4 bridgehead atoms. The fraction of sp³-hybridized carbons (Fsp3) is 0.579. The van der Waals surface area contributed by atoms with Gasteiger partial charge in [0.2, 0.25) is 5.91 Å². The number of hydrogen-bond acceptors (Lipinski definition) is 9. The molecule has 8 nitrogen and oxygen atoms in total. The van der Waals surface area contributed by atoms with Gasteiger partial charge in [0, 0.05) is 11.1 Å². The van der Waals surface area contributed by atoms with Crippen LogP contribution in [0.4, 0.5) is 0 Å². The summed E-state index contributed by atoms with van der Waals surface area (Å²) in [4.78, 5) is 34.2. The van der Waals surface area contributed by atoms with Gasteiger partial charge in [0.05, 0.1) is 13.0 Å². The molecule has 0 aliphatic carbocycles. The second-order valence-electron chi connectivity index (χ2n) is 7.67. The van der Waals surface area contributed by atoms with Gasteiger partial charge in [-0.25, -0.2) is 4.98 Å². The van der Waals surface area contributed by atoms with E-state index in [1.165, 1.54) is 29.2 Å². The molecule has 29 heavy (non-hydrogen) atoms. The highest BCUT2D eigenvalue weighted by Crippen LogP contribution is 2.33. The Kier molecular flexibility index (Phi) is 6.77. The zero-order valence-corrected chi connectivity index (χ0v) is 18.3. The van der Waals surface area contributed by atoms with Crippen LogP contribution in [0.15, 0.2) is 23.0 Å². The maximum absolute atomic E-state index is 12.7. The van der Waals surface area contributed by atoms with Crippen molar-refractivity contribution in [2.45, 2.75) is 57.6 Å². The summed E-state index contributed by atoms with van der Waals surface area (Å²) in [5.74, 6) is -0.391. The minimum Gasteiger partial charge on any atom is -0.456 e. The Hall–Kier alpha value is -1.75. The Bertz CT molecular complexity index is 825. The van der Waals surface area contributed by atoms with Crippen molar-refractivity contribution < 1.29 is 19.4 Å². The van der Waals surface area contributed by atoms with Crippen LogP contribution in [0.25, 0.3) is 0 Å². The van der Waals surface area contributed by atoms with E-state index < -0.39 is 29.9 Å². The van der Waals surface area contributed by atoms with Crippen LogP contribution in [0.1, 0.15) is 37.9 Å². The van der Waals surface area contributed by atoms with E-state index >= 15 is 0 Å². The molecule has 0 saturated heterocycles. The van der Waals surface area contributed by atoms with Gasteiger partial charge in [-0.3, -0.25) is 19.9 Å². The second-order valence-corrected chi connectivity index (χ2v) is 9.58. The third-order valence-electron chi connectivity index (χ3n) is 4.83. The van der Waals surface area contributed by atoms with Gasteiger partial charge in [0.25, 0.3) is 0 Å². The zero-order valence-electron chi connectivity index (χ0n) is 16.7. The number of rotatable bonds is 2. The standard InChI is InChI=1S/C19H26N4O4S2/c1-5-11-6-13(24)20-7-14-21-12(8-28-14)16-23-19(4,9-29-16)18(26)22-15(10(2)3)17(25)27-11/h5,8,10-11,15,18,22,26H,1,6-7,9H2,2-4H3,(H,20,24)/t11?,15-,18?,19?/m0/s1. The first-order valence-electron chi connectivity index (χ1n) is 9.43. The summed E-state index contributed by atoms with van der Waals surface area (Å²) in [6, 6.07) is -0.754. The number of aromatic nitrogens is 1. The average Bonchev–Trinajstić information content (AvgIpc) is 3.30. The molecule has 0 saturated carbocycles. The summed E-state index contributed by atoms with van der Waals surface area (Å²) in [7, 11) is 0. The van der Waals surface area contributed by atoms with Crippen molar-refractivity contribution in [2.24, 2.45) is 10.9 Å². The maximum atomic E-state index is 12.7. The number of aliphatic hydroxyl groups is 1. The van der Waals surface area contributed by atoms with Crippen LogP contribution in [0.2, 0.25) is 0 Å². The molecule has 1 aromatic rings. The number of carbonyl (C=O) groups is 2. The predicted molar refractivity (Wildman–Crippen MR) is 114 cm³/mol. The summed E-state index contributed by atoms with van der Waals surface area (Å²) >= 11 is 2.95. The lowest BCUT2D eigenvalue weighted by molar-refractivity contribution is -0.153. The normalized spacial score (nSPS) is 31.2. The van der Waals surface area contributed by atoms with Crippen molar-refractivity contribution in [3.05, 3.63) is 28.7 Å². The number of thioether (sulfide) groups is 1.